The van der Waals surface area contributed by atoms with Crippen molar-refractivity contribution in [3.63, 3.8) is 0 Å². The highest BCUT2D eigenvalue weighted by molar-refractivity contribution is 7.47. The average molecular weight is 717 g/mol. The molecule has 0 aliphatic heterocycles. The van der Waals surface area contributed by atoms with E-state index in [2.05, 4.69) is 26.0 Å². The predicted octanol–water partition coefficient (Wildman–Crippen LogP) is 11.6. The molecule has 0 aromatic carbocycles. The molecule has 49 heavy (non-hydrogen) atoms. The van der Waals surface area contributed by atoms with Crippen LogP contribution in [0.4, 0.5) is 0 Å². The molecule has 1 N–H and O–H groups in total. The maximum atomic E-state index is 12.6. The third kappa shape index (κ3) is 37.9. The van der Waals surface area contributed by atoms with Gasteiger partial charge in [-0.1, -0.05) is 135 Å². The van der Waals surface area contributed by atoms with E-state index in [9.17, 15) is 14.3 Å². The van der Waals surface area contributed by atoms with Gasteiger partial charge in [-0.15, -0.1) is 0 Å². The minimum atomic E-state index is -4.28. The Morgan fingerprint density at radius 1 is 0.633 bits per heavy atom. The Morgan fingerprint density at radius 3 is 1.57 bits per heavy atom. The van der Waals surface area contributed by atoms with Crippen molar-refractivity contribution in [3.8, 4) is 0 Å². The first-order valence-corrected chi connectivity index (χ1v) is 21.6. The number of nitrogens with zero attached hydrogens (tertiary/aromatic N) is 1. The highest BCUT2D eigenvalue weighted by Crippen LogP contribution is 2.43. The molecular weight excluding hydrogens is 637 g/mol. The molecular formula is C40H79NO7P+. The molecule has 0 saturated heterocycles. The summed E-state index contributed by atoms with van der Waals surface area (Å²) in [6.45, 7) is 4.91. The van der Waals surface area contributed by atoms with Crippen LogP contribution in [0.3, 0.4) is 0 Å². The Hall–Kier alpha value is -1.18. The summed E-state index contributed by atoms with van der Waals surface area (Å²) < 4.78 is 34.6. The van der Waals surface area contributed by atoms with E-state index >= 15 is 0 Å². The van der Waals surface area contributed by atoms with Gasteiger partial charge in [-0.2, -0.15) is 0 Å². The molecule has 2 unspecified atom stereocenters. The van der Waals surface area contributed by atoms with Crippen LogP contribution in [0.25, 0.3) is 0 Å². The quantitative estimate of drug-likeness (QED) is 0.0171. The average Bonchev–Trinajstić information content (AvgIpc) is 3.04. The van der Waals surface area contributed by atoms with Gasteiger partial charge in [0.15, 0.2) is 6.10 Å². The van der Waals surface area contributed by atoms with Crippen molar-refractivity contribution in [1.82, 2.24) is 0 Å². The number of esters is 1. The molecule has 0 radical (unpaired) electrons. The molecule has 290 valence electrons. The van der Waals surface area contributed by atoms with Gasteiger partial charge in [0, 0.05) is 6.42 Å². The molecule has 0 fully saturated rings. The smallest absolute Gasteiger partial charge is 0.472 e. The van der Waals surface area contributed by atoms with Gasteiger partial charge in [0.1, 0.15) is 19.8 Å². The van der Waals surface area contributed by atoms with E-state index in [4.69, 9.17) is 18.5 Å². The second-order valence-corrected chi connectivity index (χ2v) is 16.2. The Balaban J connectivity index is 4.34. The number of unbranched alkanes of at least 4 members (excludes halogenated alkanes) is 21. The summed E-state index contributed by atoms with van der Waals surface area (Å²) in [6.07, 6.45) is 37.2. The summed E-state index contributed by atoms with van der Waals surface area (Å²) in [4.78, 5) is 22.8. The summed E-state index contributed by atoms with van der Waals surface area (Å²) in [5, 5.41) is 0. The topological polar surface area (TPSA) is 91.3 Å². The van der Waals surface area contributed by atoms with Crippen LogP contribution in [-0.2, 0) is 27.9 Å². The largest absolute Gasteiger partial charge is 0.498 e. The number of hydrogen-bond donors (Lipinski definition) is 1. The molecule has 9 heteroatoms. The summed E-state index contributed by atoms with van der Waals surface area (Å²) in [6, 6.07) is 0. The van der Waals surface area contributed by atoms with Crippen LogP contribution >= 0.6 is 7.82 Å². The number of phosphoric acid groups is 1. The maximum Gasteiger partial charge on any atom is 0.472 e. The minimum Gasteiger partial charge on any atom is -0.498 e. The van der Waals surface area contributed by atoms with Gasteiger partial charge in [0.2, 0.25) is 0 Å². The van der Waals surface area contributed by atoms with E-state index in [1.54, 1.807) is 6.26 Å². The van der Waals surface area contributed by atoms with E-state index in [0.717, 1.165) is 44.9 Å². The van der Waals surface area contributed by atoms with Crippen molar-refractivity contribution in [1.29, 1.82) is 0 Å². The van der Waals surface area contributed by atoms with Gasteiger partial charge in [0.05, 0.1) is 34.0 Å². The first-order valence-electron chi connectivity index (χ1n) is 20.1. The normalized spacial score (nSPS) is 14.1. The third-order valence-corrected chi connectivity index (χ3v) is 9.56. The fourth-order valence-electron chi connectivity index (χ4n) is 5.39. The number of quaternary nitrogens is 1. The van der Waals surface area contributed by atoms with E-state index in [0.29, 0.717) is 17.4 Å². The molecule has 0 bridgehead atoms. The van der Waals surface area contributed by atoms with Crippen LogP contribution in [0, 0.1) is 0 Å². The Labute approximate surface area is 303 Å². The lowest BCUT2D eigenvalue weighted by Gasteiger charge is -2.24. The molecule has 0 aromatic rings. The van der Waals surface area contributed by atoms with Gasteiger partial charge < -0.3 is 18.9 Å². The molecule has 0 aliphatic carbocycles. The standard InChI is InChI=1S/C40H78NO7P/c1-6-8-10-12-14-16-18-20-21-22-23-25-27-29-31-33-40(42)48-39(38-47-49(43,44)46-36-34-41(3,4)5)37-45-35-32-30-28-26-24-19-17-15-13-11-9-7-2/h20-21,32,35,39H,6-19,22-31,33-34,36-38H2,1-5H3/p+1/b21-20-,35-32-. The zero-order valence-electron chi connectivity index (χ0n) is 32.7. The summed E-state index contributed by atoms with van der Waals surface area (Å²) in [5.41, 5.74) is 0. The number of rotatable bonds is 37. The molecule has 8 nitrogen and oxygen atoms in total. The number of carbonyl (C=O) groups excluding carboxylic acids is 1. The van der Waals surface area contributed by atoms with Crippen LogP contribution in [0.2, 0.25) is 0 Å². The van der Waals surface area contributed by atoms with E-state index in [1.807, 2.05) is 27.2 Å². The molecule has 0 aliphatic rings. The monoisotopic (exact) mass is 717 g/mol. The van der Waals surface area contributed by atoms with Gasteiger partial charge in [-0.05, 0) is 51.0 Å². The molecule has 0 aromatic heterocycles. The van der Waals surface area contributed by atoms with Crippen molar-refractivity contribution in [2.24, 2.45) is 0 Å². The molecule has 0 amide bonds. The Morgan fingerprint density at radius 2 is 1.08 bits per heavy atom. The number of ether oxygens (including phenoxy) is 2. The van der Waals surface area contributed by atoms with Crippen LogP contribution in [0.5, 0.6) is 0 Å². The van der Waals surface area contributed by atoms with E-state index in [-0.39, 0.29) is 25.8 Å². The number of likely N-dealkylation sites (N-methyl/N-ethyl adjacent to an activating group) is 1. The van der Waals surface area contributed by atoms with Crippen molar-refractivity contribution in [2.75, 3.05) is 47.5 Å². The SMILES string of the molecule is CCCCCCCC/C=C\CCCCCCCC(=O)OC(CO/C=C\CCCCCCCCCCCC)COP(=O)(O)OCC[N+](C)(C)C. The van der Waals surface area contributed by atoms with Gasteiger partial charge in [0.25, 0.3) is 0 Å². The molecule has 0 rings (SSSR count). The summed E-state index contributed by atoms with van der Waals surface area (Å²) >= 11 is 0. The summed E-state index contributed by atoms with van der Waals surface area (Å²) in [5.74, 6) is -0.345. The highest BCUT2D eigenvalue weighted by atomic mass is 31.2. The first kappa shape index (κ1) is 47.8. The van der Waals surface area contributed by atoms with Gasteiger partial charge in [-0.3, -0.25) is 13.8 Å². The predicted molar refractivity (Wildman–Crippen MR) is 206 cm³/mol. The second kappa shape index (κ2) is 33.9. The lowest BCUT2D eigenvalue weighted by molar-refractivity contribution is -0.870. The van der Waals surface area contributed by atoms with Crippen molar-refractivity contribution in [2.45, 2.75) is 180 Å². The zero-order valence-corrected chi connectivity index (χ0v) is 33.6. The molecule has 2 atom stereocenters. The fourth-order valence-corrected chi connectivity index (χ4v) is 6.14. The van der Waals surface area contributed by atoms with Crippen LogP contribution in [0.1, 0.15) is 174 Å². The molecule has 0 saturated carbocycles. The number of carbonyl (C=O) groups is 1. The molecule has 0 spiro atoms. The number of allylic oxidation sites excluding steroid dienone is 3. The second-order valence-electron chi connectivity index (χ2n) is 14.7. The zero-order chi connectivity index (χ0) is 36.3. The van der Waals surface area contributed by atoms with Crippen molar-refractivity contribution in [3.05, 3.63) is 24.5 Å². The maximum absolute atomic E-state index is 12.6. The van der Waals surface area contributed by atoms with Crippen LogP contribution in [-0.4, -0.2) is 69.0 Å². The van der Waals surface area contributed by atoms with E-state index in [1.165, 1.54) is 109 Å². The van der Waals surface area contributed by atoms with Crippen LogP contribution in [0.15, 0.2) is 24.5 Å². The van der Waals surface area contributed by atoms with Crippen molar-refractivity contribution < 1.29 is 37.3 Å². The molecule has 0 heterocycles. The van der Waals surface area contributed by atoms with Gasteiger partial charge >= 0.3 is 13.8 Å². The Kier molecular flexibility index (Phi) is 33.1. The lowest BCUT2D eigenvalue weighted by atomic mass is 10.1. The fraction of sp³-hybridized carbons (Fsp3) is 0.875. The highest BCUT2D eigenvalue weighted by Gasteiger charge is 2.26. The third-order valence-electron chi connectivity index (χ3n) is 8.58. The van der Waals surface area contributed by atoms with Crippen molar-refractivity contribution >= 4 is 13.8 Å². The minimum absolute atomic E-state index is 0.0471. The van der Waals surface area contributed by atoms with Crippen LogP contribution < -0.4 is 0 Å². The Bertz CT molecular complexity index is 843. The first-order chi connectivity index (χ1) is 23.6. The summed E-state index contributed by atoms with van der Waals surface area (Å²) in [7, 11) is 1.63. The van der Waals surface area contributed by atoms with E-state index < -0.39 is 13.9 Å². The lowest BCUT2D eigenvalue weighted by Crippen LogP contribution is -2.37. The van der Waals surface area contributed by atoms with Gasteiger partial charge in [-0.25, -0.2) is 4.57 Å². The number of phosphoric ester groups is 1. The number of hydrogen-bond acceptors (Lipinski definition) is 6.